The number of H-pyrrole nitrogens is 1. The van der Waals surface area contributed by atoms with Gasteiger partial charge in [0.05, 0.1) is 6.20 Å². The van der Waals surface area contributed by atoms with Crippen molar-refractivity contribution in [2.75, 3.05) is 0 Å². The summed E-state index contributed by atoms with van der Waals surface area (Å²) in [5.74, 6) is -0.162. The van der Waals surface area contributed by atoms with Crippen LogP contribution < -0.4 is 0 Å². The van der Waals surface area contributed by atoms with E-state index >= 15 is 0 Å². The Kier molecular flexibility index (Phi) is 2.31. The normalized spacial score (nSPS) is 10.9. The summed E-state index contributed by atoms with van der Waals surface area (Å²) in [6.45, 7) is 0. The number of aromatic nitrogens is 4. The van der Waals surface area contributed by atoms with E-state index in [0.717, 1.165) is 5.56 Å². The second kappa shape index (κ2) is 3.85. The molecule has 2 N–H and O–H groups in total. The van der Waals surface area contributed by atoms with E-state index in [-0.39, 0.29) is 5.69 Å². The van der Waals surface area contributed by atoms with Gasteiger partial charge in [-0.2, -0.15) is 4.98 Å². The maximum Gasteiger partial charge on any atom is 0.356 e. The summed E-state index contributed by atoms with van der Waals surface area (Å²) >= 11 is 5.80. The van der Waals surface area contributed by atoms with Gasteiger partial charge in [0.2, 0.25) is 0 Å². The van der Waals surface area contributed by atoms with E-state index in [1.807, 2.05) is 12.1 Å². The highest BCUT2D eigenvalue weighted by Crippen LogP contribution is 2.18. The van der Waals surface area contributed by atoms with Gasteiger partial charge in [-0.15, -0.1) is 0 Å². The SMILES string of the molecule is O=C(O)c1cn2[nH]c(-c3ccc(Cl)cc3)nc2n1. The monoisotopic (exact) mass is 262 g/mol. The average molecular weight is 263 g/mol. The molecule has 0 amide bonds. The number of benzene rings is 1. The molecule has 0 aliphatic rings. The van der Waals surface area contributed by atoms with E-state index in [4.69, 9.17) is 16.7 Å². The van der Waals surface area contributed by atoms with Crippen molar-refractivity contribution < 1.29 is 9.90 Å². The molecule has 0 radical (unpaired) electrons. The van der Waals surface area contributed by atoms with Crippen LogP contribution >= 0.6 is 11.6 Å². The lowest BCUT2D eigenvalue weighted by Gasteiger charge is -1.95. The lowest BCUT2D eigenvalue weighted by atomic mass is 10.2. The summed E-state index contributed by atoms with van der Waals surface area (Å²) < 4.78 is 1.47. The zero-order valence-electron chi connectivity index (χ0n) is 8.96. The van der Waals surface area contributed by atoms with Gasteiger partial charge in [-0.05, 0) is 24.3 Å². The number of nitrogens with zero attached hydrogens (tertiary/aromatic N) is 3. The second-order valence-electron chi connectivity index (χ2n) is 3.68. The Morgan fingerprint density at radius 3 is 2.61 bits per heavy atom. The molecular formula is C11H7ClN4O2. The molecule has 0 fully saturated rings. The molecule has 3 aromatic rings. The third-order valence-corrected chi connectivity index (χ3v) is 2.71. The molecule has 0 atom stereocenters. The zero-order valence-corrected chi connectivity index (χ0v) is 9.72. The highest BCUT2D eigenvalue weighted by Gasteiger charge is 2.12. The molecule has 18 heavy (non-hydrogen) atoms. The van der Waals surface area contributed by atoms with Crippen molar-refractivity contribution in [2.45, 2.75) is 0 Å². The molecule has 3 rings (SSSR count). The van der Waals surface area contributed by atoms with Gasteiger partial charge in [0, 0.05) is 10.6 Å². The van der Waals surface area contributed by atoms with Gasteiger partial charge >= 0.3 is 5.97 Å². The molecular weight excluding hydrogens is 256 g/mol. The Balaban J connectivity index is 2.06. The van der Waals surface area contributed by atoms with Gasteiger partial charge in [-0.1, -0.05) is 11.6 Å². The minimum absolute atomic E-state index is 0.0450. The Labute approximate surface area is 106 Å². The molecule has 0 aliphatic carbocycles. The summed E-state index contributed by atoms with van der Waals surface area (Å²) in [5, 5.41) is 12.4. The molecule has 6 nitrogen and oxygen atoms in total. The van der Waals surface area contributed by atoms with Crippen LogP contribution in [0.4, 0.5) is 0 Å². The van der Waals surface area contributed by atoms with E-state index < -0.39 is 5.97 Å². The molecule has 0 aliphatic heterocycles. The van der Waals surface area contributed by atoms with Crippen molar-refractivity contribution in [1.82, 2.24) is 19.6 Å². The molecule has 0 spiro atoms. The van der Waals surface area contributed by atoms with Gasteiger partial charge in [-0.25, -0.2) is 14.3 Å². The number of carbonyl (C=O) groups is 1. The number of hydrogen-bond donors (Lipinski definition) is 2. The summed E-state index contributed by atoms with van der Waals surface area (Å²) in [5.41, 5.74) is 0.804. The largest absolute Gasteiger partial charge is 0.476 e. The van der Waals surface area contributed by atoms with Crippen molar-refractivity contribution in [1.29, 1.82) is 0 Å². The fraction of sp³-hybridized carbons (Fsp3) is 0. The number of rotatable bonds is 2. The van der Waals surface area contributed by atoms with Gasteiger partial charge < -0.3 is 5.11 Å². The molecule has 0 saturated heterocycles. The molecule has 2 aromatic heterocycles. The van der Waals surface area contributed by atoms with Crippen molar-refractivity contribution in [3.8, 4) is 11.4 Å². The highest BCUT2D eigenvalue weighted by atomic mass is 35.5. The smallest absolute Gasteiger partial charge is 0.356 e. The van der Waals surface area contributed by atoms with Crippen molar-refractivity contribution >= 4 is 23.3 Å². The van der Waals surface area contributed by atoms with Crippen LogP contribution in [0.1, 0.15) is 10.5 Å². The molecule has 0 saturated carbocycles. The highest BCUT2D eigenvalue weighted by molar-refractivity contribution is 6.30. The van der Waals surface area contributed by atoms with Crippen molar-refractivity contribution in [2.24, 2.45) is 0 Å². The molecule has 2 heterocycles. The topological polar surface area (TPSA) is 83.3 Å². The van der Waals surface area contributed by atoms with Crippen LogP contribution in [0.2, 0.25) is 5.02 Å². The summed E-state index contributed by atoms with van der Waals surface area (Å²) in [7, 11) is 0. The summed E-state index contributed by atoms with van der Waals surface area (Å²) in [6, 6.07) is 7.15. The van der Waals surface area contributed by atoms with Crippen LogP contribution in [0.15, 0.2) is 30.5 Å². The number of imidazole rings is 1. The number of carboxylic acids is 1. The first-order valence-corrected chi connectivity index (χ1v) is 5.45. The van der Waals surface area contributed by atoms with Gasteiger partial charge in [0.1, 0.15) is 0 Å². The van der Waals surface area contributed by atoms with Crippen LogP contribution in [0.3, 0.4) is 0 Å². The van der Waals surface area contributed by atoms with Crippen LogP contribution in [0.25, 0.3) is 17.2 Å². The summed E-state index contributed by atoms with van der Waals surface area (Å²) in [6.07, 6.45) is 1.38. The van der Waals surface area contributed by atoms with Gasteiger partial charge in [-0.3, -0.25) is 5.10 Å². The van der Waals surface area contributed by atoms with E-state index in [2.05, 4.69) is 15.1 Å². The summed E-state index contributed by atoms with van der Waals surface area (Å²) in [4.78, 5) is 18.8. The van der Waals surface area contributed by atoms with Crippen LogP contribution in [0.5, 0.6) is 0 Å². The van der Waals surface area contributed by atoms with E-state index in [9.17, 15) is 4.79 Å². The van der Waals surface area contributed by atoms with E-state index in [0.29, 0.717) is 16.6 Å². The minimum Gasteiger partial charge on any atom is -0.476 e. The molecule has 0 unspecified atom stereocenters. The first-order chi connectivity index (χ1) is 8.63. The predicted molar refractivity (Wildman–Crippen MR) is 64.7 cm³/mol. The molecule has 90 valence electrons. The molecule has 7 heteroatoms. The lowest BCUT2D eigenvalue weighted by Crippen LogP contribution is -1.96. The number of halogens is 1. The van der Waals surface area contributed by atoms with Gasteiger partial charge in [0.25, 0.3) is 5.78 Å². The maximum atomic E-state index is 10.7. The Hall–Kier alpha value is -2.34. The fourth-order valence-electron chi connectivity index (χ4n) is 1.61. The fourth-order valence-corrected chi connectivity index (χ4v) is 1.74. The minimum atomic E-state index is -1.08. The number of aromatic carboxylic acids is 1. The first kappa shape index (κ1) is 10.8. The maximum absolute atomic E-state index is 10.7. The Bertz CT molecular complexity index is 698. The second-order valence-corrected chi connectivity index (χ2v) is 4.12. The number of carboxylic acid groups (broad SMARTS) is 1. The third kappa shape index (κ3) is 1.72. The third-order valence-electron chi connectivity index (χ3n) is 2.46. The van der Waals surface area contributed by atoms with Crippen LogP contribution in [-0.2, 0) is 0 Å². The number of nitrogens with one attached hydrogen (secondary N) is 1. The number of aromatic amines is 1. The quantitative estimate of drug-likeness (QED) is 0.741. The number of fused-ring (bicyclic) bond motifs is 1. The number of hydrogen-bond acceptors (Lipinski definition) is 3. The first-order valence-electron chi connectivity index (χ1n) is 5.08. The predicted octanol–water partition coefficient (Wildman–Crippen LogP) is 2.08. The molecule has 0 bridgehead atoms. The standard InChI is InChI=1S/C11H7ClN4O2/c12-7-3-1-6(2-4-7)9-14-11-13-8(10(17)18)5-16(11)15-9/h1-5H,(H,17,18)(H,13,14,15). The van der Waals surface area contributed by atoms with E-state index in [1.165, 1.54) is 10.7 Å². The van der Waals surface area contributed by atoms with Crippen molar-refractivity contribution in [3.05, 3.63) is 41.2 Å². The van der Waals surface area contributed by atoms with Gasteiger partial charge in [0.15, 0.2) is 11.5 Å². The van der Waals surface area contributed by atoms with Crippen molar-refractivity contribution in [3.63, 3.8) is 0 Å². The average Bonchev–Trinajstić information content (AvgIpc) is 2.87. The molecule has 1 aromatic carbocycles. The van der Waals surface area contributed by atoms with E-state index in [1.54, 1.807) is 12.1 Å². The lowest BCUT2D eigenvalue weighted by molar-refractivity contribution is 0.0691. The zero-order chi connectivity index (χ0) is 12.7. The Morgan fingerprint density at radius 1 is 1.28 bits per heavy atom. The Morgan fingerprint density at radius 2 is 2.00 bits per heavy atom. The van der Waals surface area contributed by atoms with Crippen LogP contribution in [-0.4, -0.2) is 30.7 Å². The van der Waals surface area contributed by atoms with Crippen LogP contribution in [0, 0.1) is 0 Å².